The minimum absolute atomic E-state index is 0.0280. The predicted octanol–water partition coefficient (Wildman–Crippen LogP) is 3.03. The van der Waals surface area contributed by atoms with Gasteiger partial charge in [-0.05, 0) is 40.5 Å². The molecule has 0 aliphatic rings. The molecule has 68 valence electrons. The molecule has 0 radical (unpaired) electrons. The summed E-state index contributed by atoms with van der Waals surface area (Å²) in [4.78, 5) is 0. The Morgan fingerprint density at radius 3 is 2.77 bits per heavy atom. The number of benzene rings is 1. The number of ether oxygens (including phenoxy) is 1. The van der Waals surface area contributed by atoms with Crippen LogP contribution in [0.2, 0.25) is 0 Å². The first kappa shape index (κ1) is 10.2. The molecule has 0 fully saturated rings. The highest BCUT2D eigenvalue weighted by Gasteiger charge is 2.06. The lowest BCUT2D eigenvalue weighted by Crippen LogP contribution is -1.96. The molecule has 0 aliphatic carbocycles. The zero-order chi connectivity index (χ0) is 9.84. The molecule has 0 saturated carbocycles. The van der Waals surface area contributed by atoms with Crippen LogP contribution < -0.4 is 0 Å². The van der Waals surface area contributed by atoms with E-state index < -0.39 is 0 Å². The van der Waals surface area contributed by atoms with Crippen molar-refractivity contribution < 1.29 is 4.74 Å². The molecule has 0 bridgehead atoms. The molecule has 3 heteroatoms. The zero-order valence-electron chi connectivity index (χ0n) is 7.54. The van der Waals surface area contributed by atoms with E-state index in [1.165, 1.54) is 0 Å². The van der Waals surface area contributed by atoms with Gasteiger partial charge >= 0.3 is 0 Å². The number of methoxy groups -OCH3 is 1. The second-order valence-electron chi connectivity index (χ2n) is 2.73. The Hall–Kier alpha value is -0.850. The summed E-state index contributed by atoms with van der Waals surface area (Å²) < 4.78 is 5.97. The normalized spacial score (nSPS) is 12.2. The van der Waals surface area contributed by atoms with Crippen LogP contribution in [0.25, 0.3) is 0 Å². The molecule has 1 aromatic rings. The summed E-state index contributed by atoms with van der Waals surface area (Å²) in [6, 6.07) is 7.75. The van der Waals surface area contributed by atoms with Gasteiger partial charge in [-0.3, -0.25) is 0 Å². The zero-order valence-corrected chi connectivity index (χ0v) is 9.13. The average molecular weight is 240 g/mol. The third kappa shape index (κ3) is 2.30. The van der Waals surface area contributed by atoms with Crippen LogP contribution in [-0.2, 0) is 4.74 Å². The maximum atomic E-state index is 8.78. The molecular weight excluding hydrogens is 230 g/mol. The third-order valence-electron chi connectivity index (χ3n) is 1.93. The predicted molar refractivity (Wildman–Crippen MR) is 54.3 cm³/mol. The lowest BCUT2D eigenvalue weighted by atomic mass is 10.1. The maximum absolute atomic E-state index is 8.78. The molecule has 13 heavy (non-hydrogen) atoms. The Morgan fingerprint density at radius 1 is 1.54 bits per heavy atom. The number of nitrogens with zero attached hydrogens (tertiary/aromatic N) is 1. The average Bonchev–Trinajstić information content (AvgIpc) is 2.17. The van der Waals surface area contributed by atoms with Crippen LogP contribution in [0.15, 0.2) is 22.7 Å². The highest BCUT2D eigenvalue weighted by atomic mass is 79.9. The molecule has 0 aliphatic heterocycles. The van der Waals surface area contributed by atoms with Crippen molar-refractivity contribution in [3.05, 3.63) is 33.8 Å². The van der Waals surface area contributed by atoms with Gasteiger partial charge in [0.15, 0.2) is 0 Å². The third-order valence-corrected chi connectivity index (χ3v) is 2.63. The fraction of sp³-hybridized carbons (Fsp3) is 0.300. The van der Waals surface area contributed by atoms with E-state index in [2.05, 4.69) is 22.0 Å². The summed E-state index contributed by atoms with van der Waals surface area (Å²) in [5.74, 6) is 0. The second-order valence-corrected chi connectivity index (χ2v) is 3.58. The van der Waals surface area contributed by atoms with Crippen molar-refractivity contribution in [2.75, 3.05) is 7.11 Å². The highest BCUT2D eigenvalue weighted by Crippen LogP contribution is 2.22. The first-order chi connectivity index (χ1) is 6.19. The Labute approximate surface area is 86.3 Å². The smallest absolute Gasteiger partial charge is 0.100 e. The fourth-order valence-electron chi connectivity index (χ4n) is 1.02. The first-order valence-corrected chi connectivity index (χ1v) is 4.70. The van der Waals surface area contributed by atoms with Gasteiger partial charge in [-0.1, -0.05) is 6.07 Å². The van der Waals surface area contributed by atoms with Gasteiger partial charge in [-0.2, -0.15) is 5.26 Å². The minimum Gasteiger partial charge on any atom is -0.377 e. The Morgan fingerprint density at radius 2 is 2.23 bits per heavy atom. The summed E-state index contributed by atoms with van der Waals surface area (Å²) in [6.07, 6.45) is 0.0280. The Bertz CT molecular complexity index is 343. The van der Waals surface area contributed by atoms with Crippen LogP contribution in [0.5, 0.6) is 0 Å². The van der Waals surface area contributed by atoms with Crippen molar-refractivity contribution in [1.82, 2.24) is 0 Å². The molecule has 0 aromatic heterocycles. The molecule has 0 N–H and O–H groups in total. The molecule has 0 spiro atoms. The van der Waals surface area contributed by atoms with E-state index in [9.17, 15) is 0 Å². The van der Waals surface area contributed by atoms with Crippen molar-refractivity contribution in [2.24, 2.45) is 0 Å². The van der Waals surface area contributed by atoms with Gasteiger partial charge < -0.3 is 4.74 Å². The van der Waals surface area contributed by atoms with Crippen molar-refractivity contribution in [2.45, 2.75) is 13.0 Å². The van der Waals surface area contributed by atoms with Crippen molar-refractivity contribution >= 4 is 15.9 Å². The molecule has 2 nitrogen and oxygen atoms in total. The van der Waals surface area contributed by atoms with Crippen molar-refractivity contribution in [1.29, 1.82) is 5.26 Å². The Balaban J connectivity index is 3.08. The lowest BCUT2D eigenvalue weighted by molar-refractivity contribution is 0.119. The first-order valence-electron chi connectivity index (χ1n) is 3.91. The molecule has 0 saturated heterocycles. The largest absolute Gasteiger partial charge is 0.377 e. The summed E-state index contributed by atoms with van der Waals surface area (Å²) in [5, 5.41) is 8.78. The quantitative estimate of drug-likeness (QED) is 0.795. The van der Waals surface area contributed by atoms with Gasteiger partial charge in [0.05, 0.1) is 11.7 Å². The molecule has 1 rings (SSSR count). The topological polar surface area (TPSA) is 33.0 Å². The van der Waals surface area contributed by atoms with Crippen molar-refractivity contribution in [3.63, 3.8) is 0 Å². The van der Waals surface area contributed by atoms with Crippen LogP contribution >= 0.6 is 15.9 Å². The molecule has 1 atom stereocenters. The highest BCUT2D eigenvalue weighted by molar-refractivity contribution is 9.10. The van der Waals surface area contributed by atoms with E-state index >= 15 is 0 Å². The van der Waals surface area contributed by atoms with Crippen LogP contribution in [0.3, 0.4) is 0 Å². The molecule has 0 amide bonds. The number of nitriles is 1. The van der Waals surface area contributed by atoms with Crippen LogP contribution in [0.4, 0.5) is 0 Å². The van der Waals surface area contributed by atoms with Gasteiger partial charge in [0.2, 0.25) is 0 Å². The van der Waals surface area contributed by atoms with Gasteiger partial charge in [0, 0.05) is 11.6 Å². The minimum atomic E-state index is 0.0280. The standard InChI is InChI=1S/C10H10BrNO/c1-7(13-2)8-3-4-10(11)9(5-8)6-12/h3-5,7H,1-2H3. The van der Waals surface area contributed by atoms with E-state index in [0.29, 0.717) is 5.56 Å². The van der Waals surface area contributed by atoms with Gasteiger partial charge in [-0.25, -0.2) is 0 Å². The van der Waals surface area contributed by atoms with Gasteiger partial charge in [0.1, 0.15) is 6.07 Å². The monoisotopic (exact) mass is 239 g/mol. The summed E-state index contributed by atoms with van der Waals surface area (Å²) >= 11 is 3.30. The summed E-state index contributed by atoms with van der Waals surface area (Å²) in [7, 11) is 1.65. The Kier molecular flexibility index (Phi) is 3.47. The van der Waals surface area contributed by atoms with E-state index in [0.717, 1.165) is 10.0 Å². The van der Waals surface area contributed by atoms with Gasteiger partial charge in [0.25, 0.3) is 0 Å². The fourth-order valence-corrected chi connectivity index (χ4v) is 1.35. The SMILES string of the molecule is COC(C)c1ccc(Br)c(C#N)c1. The summed E-state index contributed by atoms with van der Waals surface area (Å²) in [6.45, 7) is 1.95. The van der Waals surface area contributed by atoms with E-state index in [1.807, 2.05) is 25.1 Å². The molecule has 1 aromatic carbocycles. The summed E-state index contributed by atoms with van der Waals surface area (Å²) in [5.41, 5.74) is 1.66. The molecule has 1 unspecified atom stereocenters. The second kappa shape index (κ2) is 4.40. The van der Waals surface area contributed by atoms with E-state index in [1.54, 1.807) is 7.11 Å². The molecular formula is C10H10BrNO. The van der Waals surface area contributed by atoms with Crippen LogP contribution in [0, 0.1) is 11.3 Å². The van der Waals surface area contributed by atoms with Crippen molar-refractivity contribution in [3.8, 4) is 6.07 Å². The maximum Gasteiger partial charge on any atom is 0.100 e. The lowest BCUT2D eigenvalue weighted by Gasteiger charge is -2.09. The van der Waals surface area contributed by atoms with Crippen LogP contribution in [-0.4, -0.2) is 7.11 Å². The van der Waals surface area contributed by atoms with E-state index in [4.69, 9.17) is 10.00 Å². The number of rotatable bonds is 2. The number of hydrogen-bond acceptors (Lipinski definition) is 2. The van der Waals surface area contributed by atoms with Crippen LogP contribution in [0.1, 0.15) is 24.2 Å². The number of halogens is 1. The van der Waals surface area contributed by atoms with E-state index in [-0.39, 0.29) is 6.10 Å². The van der Waals surface area contributed by atoms with Gasteiger partial charge in [-0.15, -0.1) is 0 Å². The molecule has 0 heterocycles. The number of hydrogen-bond donors (Lipinski definition) is 0.